The summed E-state index contributed by atoms with van der Waals surface area (Å²) < 4.78 is 5.19. The molecule has 0 aromatic heterocycles. The number of halogens is 1. The molecule has 4 atom stereocenters. The zero-order chi connectivity index (χ0) is 17.2. The third-order valence-electron chi connectivity index (χ3n) is 4.93. The SMILES string of the molecule is CCOC(=O)C1CNC2CCCC(O)(C#Cc3cccc(Cl)c3)C21. The Bertz CT molecular complexity index is 681. The lowest BCUT2D eigenvalue weighted by Crippen LogP contribution is -2.50. The van der Waals surface area contributed by atoms with Crippen LogP contribution in [-0.4, -0.2) is 35.9 Å². The van der Waals surface area contributed by atoms with Crippen molar-refractivity contribution in [2.45, 2.75) is 37.8 Å². The Morgan fingerprint density at radius 1 is 1.54 bits per heavy atom. The van der Waals surface area contributed by atoms with Crippen LogP contribution in [0.2, 0.25) is 5.02 Å². The molecule has 1 aromatic carbocycles. The van der Waals surface area contributed by atoms with E-state index < -0.39 is 5.60 Å². The molecule has 1 aliphatic carbocycles. The molecule has 4 nitrogen and oxygen atoms in total. The number of hydrogen-bond acceptors (Lipinski definition) is 4. The normalized spacial score (nSPS) is 31.7. The Labute approximate surface area is 147 Å². The van der Waals surface area contributed by atoms with Gasteiger partial charge >= 0.3 is 5.97 Å². The summed E-state index contributed by atoms with van der Waals surface area (Å²) in [5.74, 6) is 5.23. The highest BCUT2D eigenvalue weighted by Gasteiger charge is 2.53. The van der Waals surface area contributed by atoms with E-state index in [4.69, 9.17) is 16.3 Å². The number of nitrogens with one attached hydrogen (secondary N) is 1. The second-order valence-electron chi connectivity index (χ2n) is 6.48. The summed E-state index contributed by atoms with van der Waals surface area (Å²) in [5.41, 5.74) is -0.428. The van der Waals surface area contributed by atoms with Gasteiger partial charge in [0.1, 0.15) is 5.60 Å². The summed E-state index contributed by atoms with van der Waals surface area (Å²) in [4.78, 5) is 12.3. The number of benzene rings is 1. The number of hydrogen-bond donors (Lipinski definition) is 2. The maximum atomic E-state index is 12.3. The van der Waals surface area contributed by atoms with Gasteiger partial charge in [-0.1, -0.05) is 29.5 Å². The van der Waals surface area contributed by atoms with Crippen LogP contribution < -0.4 is 5.32 Å². The highest BCUT2D eigenvalue weighted by molar-refractivity contribution is 6.30. The van der Waals surface area contributed by atoms with E-state index in [0.29, 0.717) is 24.6 Å². The largest absolute Gasteiger partial charge is 0.466 e. The highest BCUT2D eigenvalue weighted by Crippen LogP contribution is 2.42. The predicted octanol–water partition coefficient (Wildman–Crippen LogP) is 2.37. The fourth-order valence-electron chi connectivity index (χ4n) is 3.89. The van der Waals surface area contributed by atoms with Gasteiger partial charge in [-0.15, -0.1) is 0 Å². The van der Waals surface area contributed by atoms with Gasteiger partial charge in [0.2, 0.25) is 0 Å². The third-order valence-corrected chi connectivity index (χ3v) is 5.16. The first-order valence-corrected chi connectivity index (χ1v) is 8.82. The number of ether oxygens (including phenoxy) is 1. The van der Waals surface area contributed by atoms with Crippen LogP contribution in [0.5, 0.6) is 0 Å². The number of carbonyl (C=O) groups is 1. The van der Waals surface area contributed by atoms with Gasteiger partial charge in [-0.25, -0.2) is 0 Å². The van der Waals surface area contributed by atoms with Crippen molar-refractivity contribution >= 4 is 17.6 Å². The van der Waals surface area contributed by atoms with Crippen LogP contribution in [0.4, 0.5) is 0 Å². The smallest absolute Gasteiger partial charge is 0.310 e. The topological polar surface area (TPSA) is 58.6 Å². The first-order chi connectivity index (χ1) is 11.5. The van der Waals surface area contributed by atoms with E-state index in [2.05, 4.69) is 17.2 Å². The second-order valence-corrected chi connectivity index (χ2v) is 6.91. The van der Waals surface area contributed by atoms with Gasteiger partial charge in [-0.2, -0.15) is 0 Å². The minimum atomic E-state index is -1.19. The molecule has 128 valence electrons. The Hall–Kier alpha value is -1.54. The molecule has 0 radical (unpaired) electrons. The molecule has 1 saturated carbocycles. The van der Waals surface area contributed by atoms with Gasteiger partial charge in [0.05, 0.1) is 12.5 Å². The molecular weight excluding hydrogens is 326 g/mol. The van der Waals surface area contributed by atoms with Crippen molar-refractivity contribution < 1.29 is 14.6 Å². The lowest BCUT2D eigenvalue weighted by molar-refractivity contribution is -0.152. The third kappa shape index (κ3) is 3.44. The fourth-order valence-corrected chi connectivity index (χ4v) is 4.08. The molecule has 4 unspecified atom stereocenters. The maximum absolute atomic E-state index is 12.3. The monoisotopic (exact) mass is 347 g/mol. The van der Waals surface area contributed by atoms with Crippen molar-refractivity contribution in [1.82, 2.24) is 5.32 Å². The van der Waals surface area contributed by atoms with Crippen molar-refractivity contribution in [3.8, 4) is 11.8 Å². The van der Waals surface area contributed by atoms with Crippen molar-refractivity contribution in [3.63, 3.8) is 0 Å². The number of carbonyl (C=O) groups excluding carboxylic acids is 1. The summed E-state index contributed by atoms with van der Waals surface area (Å²) in [6, 6.07) is 7.35. The van der Waals surface area contributed by atoms with Crippen LogP contribution in [-0.2, 0) is 9.53 Å². The lowest BCUT2D eigenvalue weighted by atomic mass is 9.69. The molecule has 2 aliphatic rings. The van der Waals surface area contributed by atoms with Crippen LogP contribution in [0.1, 0.15) is 31.7 Å². The standard InChI is InChI=1S/C19H22ClNO3/c1-2-24-18(22)15-12-21-16-7-4-9-19(23,17(15)16)10-8-13-5-3-6-14(20)11-13/h3,5-6,11,15-17,21,23H,2,4,7,9,12H2,1H3. The first kappa shape index (κ1) is 17.3. The van der Waals surface area contributed by atoms with Crippen molar-refractivity contribution in [1.29, 1.82) is 0 Å². The van der Waals surface area contributed by atoms with Gasteiger partial charge in [-0.05, 0) is 44.4 Å². The van der Waals surface area contributed by atoms with Crippen molar-refractivity contribution in [2.24, 2.45) is 11.8 Å². The second kappa shape index (κ2) is 7.14. The van der Waals surface area contributed by atoms with Crippen LogP contribution in [0.25, 0.3) is 0 Å². The Balaban J connectivity index is 1.88. The Morgan fingerprint density at radius 3 is 3.12 bits per heavy atom. The molecule has 2 fully saturated rings. The number of esters is 1. The van der Waals surface area contributed by atoms with E-state index in [1.54, 1.807) is 19.1 Å². The quantitative estimate of drug-likeness (QED) is 0.637. The van der Waals surface area contributed by atoms with Gasteiger partial charge < -0.3 is 15.2 Å². The minimum absolute atomic E-state index is 0.104. The molecular formula is C19H22ClNO3. The van der Waals surface area contributed by atoms with Gasteiger partial charge in [-0.3, -0.25) is 4.79 Å². The van der Waals surface area contributed by atoms with Crippen LogP contribution in [0.3, 0.4) is 0 Å². The van der Waals surface area contributed by atoms with Gasteiger partial charge in [0.25, 0.3) is 0 Å². The number of fused-ring (bicyclic) bond motifs is 1. The summed E-state index contributed by atoms with van der Waals surface area (Å²) >= 11 is 5.99. The molecule has 24 heavy (non-hydrogen) atoms. The number of rotatable bonds is 2. The molecule has 0 spiro atoms. The summed E-state index contributed by atoms with van der Waals surface area (Å²) in [6.45, 7) is 2.68. The van der Waals surface area contributed by atoms with Crippen LogP contribution in [0, 0.1) is 23.7 Å². The molecule has 2 N–H and O–H groups in total. The van der Waals surface area contributed by atoms with E-state index in [-0.39, 0.29) is 23.8 Å². The lowest BCUT2D eigenvalue weighted by Gasteiger charge is -2.39. The molecule has 3 rings (SSSR count). The van der Waals surface area contributed by atoms with Crippen LogP contribution >= 0.6 is 11.6 Å². The average molecular weight is 348 g/mol. The maximum Gasteiger partial charge on any atom is 0.310 e. The number of aliphatic hydroxyl groups is 1. The molecule has 1 aromatic rings. The van der Waals surface area contributed by atoms with Crippen molar-refractivity contribution in [2.75, 3.05) is 13.2 Å². The van der Waals surface area contributed by atoms with E-state index in [9.17, 15) is 9.90 Å². The van der Waals surface area contributed by atoms with Crippen molar-refractivity contribution in [3.05, 3.63) is 34.9 Å². The molecule has 0 bridgehead atoms. The van der Waals surface area contributed by atoms with E-state index in [1.807, 2.05) is 12.1 Å². The molecule has 5 heteroatoms. The zero-order valence-corrected chi connectivity index (χ0v) is 14.5. The Kier molecular flexibility index (Phi) is 5.15. The zero-order valence-electron chi connectivity index (χ0n) is 13.7. The molecule has 0 amide bonds. The molecule has 1 heterocycles. The fraction of sp³-hybridized carbons (Fsp3) is 0.526. The predicted molar refractivity (Wildman–Crippen MR) is 92.5 cm³/mol. The molecule has 1 aliphatic heterocycles. The minimum Gasteiger partial charge on any atom is -0.466 e. The van der Waals surface area contributed by atoms with E-state index >= 15 is 0 Å². The molecule has 1 saturated heterocycles. The van der Waals surface area contributed by atoms with Crippen LogP contribution in [0.15, 0.2) is 24.3 Å². The highest BCUT2D eigenvalue weighted by atomic mass is 35.5. The summed E-state index contributed by atoms with van der Waals surface area (Å²) in [5, 5.41) is 15.2. The first-order valence-electron chi connectivity index (χ1n) is 8.44. The van der Waals surface area contributed by atoms with E-state index in [0.717, 1.165) is 18.4 Å². The van der Waals surface area contributed by atoms with Gasteiger partial charge in [0, 0.05) is 29.1 Å². The summed E-state index contributed by atoms with van der Waals surface area (Å²) in [6.07, 6.45) is 2.39. The van der Waals surface area contributed by atoms with Gasteiger partial charge in [0.15, 0.2) is 0 Å². The van der Waals surface area contributed by atoms with E-state index in [1.165, 1.54) is 0 Å². The summed E-state index contributed by atoms with van der Waals surface area (Å²) in [7, 11) is 0. The average Bonchev–Trinajstić information content (AvgIpc) is 2.99. The Morgan fingerprint density at radius 2 is 2.38 bits per heavy atom.